The summed E-state index contributed by atoms with van der Waals surface area (Å²) in [5, 5.41) is 8.24. The van der Waals surface area contributed by atoms with Gasteiger partial charge in [0.1, 0.15) is 0 Å². The van der Waals surface area contributed by atoms with Gasteiger partial charge in [-0.15, -0.1) is 11.3 Å². The Morgan fingerprint density at radius 2 is 1.88 bits per heavy atom. The molecule has 0 fully saturated rings. The fourth-order valence-electron chi connectivity index (χ4n) is 2.14. The number of nitrogens with one attached hydrogen (secondary N) is 1. The molecule has 122 valence electrons. The monoisotopic (exact) mass is 375 g/mol. The van der Waals surface area contributed by atoms with Crippen molar-refractivity contribution in [1.29, 1.82) is 0 Å². The molecule has 0 saturated carbocycles. The van der Waals surface area contributed by atoms with Crippen LogP contribution in [0.25, 0.3) is 11.3 Å². The lowest BCUT2D eigenvalue weighted by Crippen LogP contribution is -1.99. The number of thiazole rings is 1. The van der Waals surface area contributed by atoms with Crippen LogP contribution in [0.3, 0.4) is 0 Å². The second kappa shape index (κ2) is 7.34. The van der Waals surface area contributed by atoms with Gasteiger partial charge in [-0.2, -0.15) is 5.10 Å². The topological polar surface area (TPSA) is 37.3 Å². The zero-order valence-electron chi connectivity index (χ0n) is 13.2. The van der Waals surface area contributed by atoms with E-state index in [9.17, 15) is 0 Å². The van der Waals surface area contributed by atoms with Crippen molar-refractivity contribution in [3.8, 4) is 11.3 Å². The zero-order valence-corrected chi connectivity index (χ0v) is 15.5. The Bertz CT molecular complexity index is 886. The van der Waals surface area contributed by atoms with E-state index in [-0.39, 0.29) is 0 Å². The standard InChI is InChI=1S/C18H15Cl2N3S/c1-11-3-5-13(6-4-11)12(2)22-23-18-21-17(10-24-18)15-8-7-14(19)9-16(15)20/h3-10H,1-2H3,(H,21,23)/b22-12-. The molecule has 2 aromatic carbocycles. The van der Waals surface area contributed by atoms with E-state index in [0.717, 1.165) is 22.5 Å². The highest BCUT2D eigenvalue weighted by Crippen LogP contribution is 2.32. The van der Waals surface area contributed by atoms with Crippen molar-refractivity contribution in [1.82, 2.24) is 4.98 Å². The summed E-state index contributed by atoms with van der Waals surface area (Å²) in [5.41, 5.74) is 7.85. The number of aryl methyl sites for hydroxylation is 1. The Balaban J connectivity index is 1.76. The average molecular weight is 376 g/mol. The van der Waals surface area contributed by atoms with E-state index in [2.05, 4.69) is 46.7 Å². The van der Waals surface area contributed by atoms with Crippen LogP contribution >= 0.6 is 34.5 Å². The average Bonchev–Trinajstić information content (AvgIpc) is 3.02. The van der Waals surface area contributed by atoms with Crippen molar-refractivity contribution in [3.05, 3.63) is 69.0 Å². The van der Waals surface area contributed by atoms with E-state index < -0.39 is 0 Å². The van der Waals surface area contributed by atoms with Crippen LogP contribution in [0.15, 0.2) is 52.9 Å². The van der Waals surface area contributed by atoms with Crippen molar-refractivity contribution >= 4 is 45.4 Å². The lowest BCUT2D eigenvalue weighted by molar-refractivity contribution is 1.27. The first kappa shape index (κ1) is 17.0. The van der Waals surface area contributed by atoms with Crippen LogP contribution in [0.1, 0.15) is 18.1 Å². The second-order valence-corrected chi connectivity index (χ2v) is 7.04. The predicted octanol–water partition coefficient (Wildman–Crippen LogP) is 6.26. The summed E-state index contributed by atoms with van der Waals surface area (Å²) in [6, 6.07) is 13.6. The molecule has 0 aliphatic rings. The minimum absolute atomic E-state index is 0.582. The Kier molecular flexibility index (Phi) is 5.19. The molecule has 0 unspecified atom stereocenters. The number of hydrogen-bond donors (Lipinski definition) is 1. The highest BCUT2D eigenvalue weighted by Gasteiger charge is 2.08. The number of rotatable bonds is 4. The third kappa shape index (κ3) is 3.96. The number of anilines is 1. The minimum Gasteiger partial charge on any atom is -0.252 e. The van der Waals surface area contributed by atoms with Gasteiger partial charge in [0.25, 0.3) is 0 Å². The maximum atomic E-state index is 6.23. The van der Waals surface area contributed by atoms with Gasteiger partial charge >= 0.3 is 0 Å². The second-order valence-electron chi connectivity index (χ2n) is 5.34. The van der Waals surface area contributed by atoms with Gasteiger partial charge in [0.15, 0.2) is 0 Å². The van der Waals surface area contributed by atoms with Gasteiger partial charge in [-0.1, -0.05) is 53.0 Å². The molecule has 0 radical (unpaired) electrons. The van der Waals surface area contributed by atoms with E-state index in [4.69, 9.17) is 23.2 Å². The Morgan fingerprint density at radius 1 is 1.12 bits per heavy atom. The molecule has 0 aliphatic carbocycles. The van der Waals surface area contributed by atoms with E-state index in [1.807, 2.05) is 18.4 Å². The van der Waals surface area contributed by atoms with Crippen LogP contribution in [0, 0.1) is 6.92 Å². The van der Waals surface area contributed by atoms with Crippen LogP contribution in [0.4, 0.5) is 5.13 Å². The largest absolute Gasteiger partial charge is 0.252 e. The minimum atomic E-state index is 0.582. The van der Waals surface area contributed by atoms with Crippen LogP contribution in [0.2, 0.25) is 10.0 Å². The SMILES string of the molecule is C/C(=N/Nc1nc(-c2ccc(Cl)cc2Cl)cs1)c1ccc(C)cc1. The maximum Gasteiger partial charge on any atom is 0.203 e. The number of aromatic nitrogens is 1. The molecule has 24 heavy (non-hydrogen) atoms. The molecule has 0 aliphatic heterocycles. The maximum absolute atomic E-state index is 6.23. The molecule has 3 rings (SSSR count). The quantitative estimate of drug-likeness (QED) is 0.431. The molecule has 1 N–H and O–H groups in total. The number of benzene rings is 2. The van der Waals surface area contributed by atoms with Gasteiger partial charge in [0, 0.05) is 16.0 Å². The van der Waals surface area contributed by atoms with Crippen LogP contribution in [0.5, 0.6) is 0 Å². The smallest absolute Gasteiger partial charge is 0.203 e. The molecule has 6 heteroatoms. The van der Waals surface area contributed by atoms with Crippen LogP contribution in [-0.4, -0.2) is 10.7 Å². The normalized spacial score (nSPS) is 11.6. The molecule has 0 saturated heterocycles. The molecule has 1 heterocycles. The molecule has 0 spiro atoms. The van der Waals surface area contributed by atoms with Crippen molar-refractivity contribution in [3.63, 3.8) is 0 Å². The molecular formula is C18H15Cl2N3S. The third-order valence-electron chi connectivity index (χ3n) is 3.50. The number of nitrogens with zero attached hydrogens (tertiary/aromatic N) is 2. The summed E-state index contributed by atoms with van der Waals surface area (Å²) in [6.07, 6.45) is 0. The van der Waals surface area contributed by atoms with E-state index in [1.165, 1.54) is 16.9 Å². The van der Waals surface area contributed by atoms with Gasteiger partial charge in [-0.25, -0.2) is 4.98 Å². The van der Waals surface area contributed by atoms with Gasteiger partial charge in [0.05, 0.1) is 16.4 Å². The van der Waals surface area contributed by atoms with Crippen molar-refractivity contribution < 1.29 is 0 Å². The lowest BCUT2D eigenvalue weighted by Gasteiger charge is -2.02. The Hall–Kier alpha value is -1.88. The highest BCUT2D eigenvalue weighted by molar-refractivity contribution is 7.14. The fourth-order valence-corrected chi connectivity index (χ4v) is 3.29. The number of halogens is 2. The summed E-state index contributed by atoms with van der Waals surface area (Å²) >= 11 is 13.6. The summed E-state index contributed by atoms with van der Waals surface area (Å²) in [6.45, 7) is 4.02. The predicted molar refractivity (Wildman–Crippen MR) is 105 cm³/mol. The molecular weight excluding hydrogens is 361 g/mol. The third-order valence-corrected chi connectivity index (χ3v) is 4.79. The zero-order chi connectivity index (χ0) is 17.1. The summed E-state index contributed by atoms with van der Waals surface area (Å²) < 4.78 is 0. The van der Waals surface area contributed by atoms with E-state index in [0.29, 0.717) is 15.2 Å². The van der Waals surface area contributed by atoms with Crippen molar-refractivity contribution in [2.75, 3.05) is 5.43 Å². The van der Waals surface area contributed by atoms with Crippen molar-refractivity contribution in [2.24, 2.45) is 5.10 Å². The fraction of sp³-hybridized carbons (Fsp3) is 0.111. The Labute approximate surface area is 155 Å². The number of hydrazone groups is 1. The van der Waals surface area contributed by atoms with Gasteiger partial charge in [-0.3, -0.25) is 5.43 Å². The molecule has 3 nitrogen and oxygen atoms in total. The van der Waals surface area contributed by atoms with E-state index >= 15 is 0 Å². The molecule has 0 atom stereocenters. The first-order valence-corrected chi connectivity index (χ1v) is 8.95. The molecule has 1 aromatic heterocycles. The lowest BCUT2D eigenvalue weighted by atomic mass is 10.1. The van der Waals surface area contributed by atoms with Crippen LogP contribution < -0.4 is 5.43 Å². The van der Waals surface area contributed by atoms with Crippen molar-refractivity contribution in [2.45, 2.75) is 13.8 Å². The summed E-state index contributed by atoms with van der Waals surface area (Å²) in [4.78, 5) is 4.52. The van der Waals surface area contributed by atoms with E-state index in [1.54, 1.807) is 12.1 Å². The van der Waals surface area contributed by atoms with Gasteiger partial charge in [-0.05, 0) is 37.6 Å². The van der Waals surface area contributed by atoms with Gasteiger partial charge in [0.2, 0.25) is 5.13 Å². The highest BCUT2D eigenvalue weighted by atomic mass is 35.5. The first-order chi connectivity index (χ1) is 11.5. The summed E-state index contributed by atoms with van der Waals surface area (Å²) in [7, 11) is 0. The Morgan fingerprint density at radius 3 is 2.58 bits per heavy atom. The van der Waals surface area contributed by atoms with Crippen LogP contribution in [-0.2, 0) is 0 Å². The molecule has 3 aromatic rings. The number of hydrogen-bond acceptors (Lipinski definition) is 4. The first-order valence-electron chi connectivity index (χ1n) is 7.31. The summed E-state index contributed by atoms with van der Waals surface area (Å²) in [5.74, 6) is 0. The van der Waals surface area contributed by atoms with Gasteiger partial charge < -0.3 is 0 Å². The molecule has 0 amide bonds. The molecule has 0 bridgehead atoms.